The zero-order valence-corrected chi connectivity index (χ0v) is 10.9. The average molecular weight is 272 g/mol. The summed E-state index contributed by atoms with van der Waals surface area (Å²) in [6.45, 7) is 0.426. The van der Waals surface area contributed by atoms with Gasteiger partial charge < -0.3 is 10.3 Å². The van der Waals surface area contributed by atoms with Crippen LogP contribution in [0.25, 0.3) is 11.6 Å². The summed E-state index contributed by atoms with van der Waals surface area (Å²) < 4.78 is 5.22. The largest absolute Gasteiger partial charge is 0.332 e. The summed E-state index contributed by atoms with van der Waals surface area (Å²) in [5.41, 5.74) is 7.37. The first kappa shape index (κ1) is 12.0. The van der Waals surface area contributed by atoms with E-state index in [1.54, 1.807) is 0 Å². The van der Waals surface area contributed by atoms with Gasteiger partial charge in [0.05, 0.1) is 0 Å². The van der Waals surface area contributed by atoms with Crippen LogP contribution in [0.3, 0.4) is 0 Å². The highest BCUT2D eigenvalue weighted by atomic mass is 32.1. The van der Waals surface area contributed by atoms with Crippen LogP contribution in [0.5, 0.6) is 0 Å². The molecule has 0 bridgehead atoms. The van der Waals surface area contributed by atoms with Crippen molar-refractivity contribution in [3.05, 3.63) is 52.1 Å². The summed E-state index contributed by atoms with van der Waals surface area (Å²) in [7, 11) is 0. The third-order valence-electron chi connectivity index (χ3n) is 2.62. The number of aromatic nitrogens is 3. The Morgan fingerprint density at radius 1 is 1.16 bits per heavy atom. The lowest BCUT2D eigenvalue weighted by molar-refractivity contribution is 0.423. The van der Waals surface area contributed by atoms with Crippen molar-refractivity contribution in [1.29, 1.82) is 0 Å². The van der Waals surface area contributed by atoms with Gasteiger partial charge in [0.15, 0.2) is 5.82 Å². The minimum atomic E-state index is 0.426. The maximum absolute atomic E-state index is 5.53. The van der Waals surface area contributed by atoms with Gasteiger partial charge in [-0.3, -0.25) is 0 Å². The molecule has 0 radical (unpaired) electrons. The number of benzene rings is 1. The molecule has 0 aliphatic rings. The van der Waals surface area contributed by atoms with Gasteiger partial charge in [-0.25, -0.2) is 4.98 Å². The summed E-state index contributed by atoms with van der Waals surface area (Å²) in [6.07, 6.45) is 0.651. The highest BCUT2D eigenvalue weighted by molar-refractivity contribution is 7.09. The summed E-state index contributed by atoms with van der Waals surface area (Å²) in [6, 6.07) is 10.0. The van der Waals surface area contributed by atoms with E-state index in [-0.39, 0.29) is 0 Å². The van der Waals surface area contributed by atoms with E-state index in [2.05, 4.69) is 15.1 Å². The van der Waals surface area contributed by atoms with E-state index in [9.17, 15) is 0 Å². The highest BCUT2D eigenvalue weighted by Gasteiger charge is 2.12. The second-order valence-corrected chi connectivity index (χ2v) is 4.95. The average Bonchev–Trinajstić information content (AvgIpc) is 3.08. The molecule has 0 unspecified atom stereocenters. The summed E-state index contributed by atoms with van der Waals surface area (Å²) in [4.78, 5) is 8.67. The van der Waals surface area contributed by atoms with Crippen LogP contribution in [0.15, 0.2) is 40.2 Å². The van der Waals surface area contributed by atoms with Gasteiger partial charge in [-0.15, -0.1) is 11.3 Å². The first-order valence-corrected chi connectivity index (χ1v) is 6.74. The molecule has 0 fully saturated rings. The molecule has 96 valence electrons. The maximum Gasteiger partial charge on any atom is 0.277 e. The van der Waals surface area contributed by atoms with E-state index >= 15 is 0 Å². The molecule has 2 heterocycles. The third-order valence-corrected chi connectivity index (χ3v) is 3.49. The zero-order chi connectivity index (χ0) is 13.1. The molecule has 0 spiro atoms. The number of hydrogen-bond donors (Lipinski definition) is 1. The first-order valence-electron chi connectivity index (χ1n) is 5.86. The molecule has 6 heteroatoms. The predicted octanol–water partition coefficient (Wildman–Crippen LogP) is 2.24. The van der Waals surface area contributed by atoms with Crippen molar-refractivity contribution in [3.63, 3.8) is 0 Å². The molecule has 0 aliphatic carbocycles. The lowest BCUT2D eigenvalue weighted by atomic mass is 10.1. The summed E-state index contributed by atoms with van der Waals surface area (Å²) in [5, 5.41) is 6.71. The standard InChI is InChI=1S/C13H12N4OS/c14-7-12-15-10(8-19-12)13-16-11(17-18-13)6-9-4-2-1-3-5-9/h1-5,8H,6-7,14H2. The van der Waals surface area contributed by atoms with E-state index in [4.69, 9.17) is 10.3 Å². The van der Waals surface area contributed by atoms with Gasteiger partial charge in [0.2, 0.25) is 0 Å². The van der Waals surface area contributed by atoms with Crippen LogP contribution in [-0.4, -0.2) is 15.1 Å². The van der Waals surface area contributed by atoms with Crippen LogP contribution in [-0.2, 0) is 13.0 Å². The maximum atomic E-state index is 5.53. The van der Waals surface area contributed by atoms with Crippen molar-refractivity contribution in [2.45, 2.75) is 13.0 Å². The summed E-state index contributed by atoms with van der Waals surface area (Å²) in [5.74, 6) is 1.10. The Labute approximate surface area is 114 Å². The Bertz CT molecular complexity index is 662. The molecule has 19 heavy (non-hydrogen) atoms. The first-order chi connectivity index (χ1) is 9.35. The topological polar surface area (TPSA) is 77.8 Å². The van der Waals surface area contributed by atoms with Crippen LogP contribution in [0.2, 0.25) is 0 Å². The van der Waals surface area contributed by atoms with E-state index in [0.29, 0.717) is 30.4 Å². The Morgan fingerprint density at radius 3 is 2.74 bits per heavy atom. The van der Waals surface area contributed by atoms with Gasteiger partial charge >= 0.3 is 0 Å². The lowest BCUT2D eigenvalue weighted by Gasteiger charge is -1.93. The second-order valence-electron chi connectivity index (χ2n) is 4.01. The predicted molar refractivity (Wildman–Crippen MR) is 72.5 cm³/mol. The number of nitrogens with two attached hydrogens (primary N) is 1. The molecule has 2 aromatic heterocycles. The van der Waals surface area contributed by atoms with E-state index in [1.807, 2.05) is 35.7 Å². The third kappa shape index (κ3) is 2.69. The smallest absolute Gasteiger partial charge is 0.277 e. The molecule has 3 rings (SSSR count). The zero-order valence-electron chi connectivity index (χ0n) is 10.1. The number of nitrogens with zero attached hydrogens (tertiary/aromatic N) is 3. The Morgan fingerprint density at radius 2 is 2.00 bits per heavy atom. The van der Waals surface area contributed by atoms with Crippen LogP contribution >= 0.6 is 11.3 Å². The molecule has 5 nitrogen and oxygen atoms in total. The van der Waals surface area contributed by atoms with Gasteiger partial charge in [0, 0.05) is 18.3 Å². The normalized spacial score (nSPS) is 10.8. The van der Waals surface area contributed by atoms with Gasteiger partial charge in [0.25, 0.3) is 5.89 Å². The minimum Gasteiger partial charge on any atom is -0.332 e. The van der Waals surface area contributed by atoms with Crippen molar-refractivity contribution in [3.8, 4) is 11.6 Å². The number of thiazole rings is 1. The van der Waals surface area contributed by atoms with E-state index in [1.165, 1.54) is 11.3 Å². The minimum absolute atomic E-state index is 0.426. The Kier molecular flexibility index (Phi) is 3.35. The molecule has 2 N–H and O–H groups in total. The molecule has 3 aromatic rings. The van der Waals surface area contributed by atoms with Gasteiger partial charge in [-0.1, -0.05) is 35.5 Å². The summed E-state index contributed by atoms with van der Waals surface area (Å²) >= 11 is 1.49. The fourth-order valence-corrected chi connectivity index (χ4v) is 2.36. The fourth-order valence-electron chi connectivity index (χ4n) is 1.71. The van der Waals surface area contributed by atoms with Crippen LogP contribution in [0.1, 0.15) is 16.4 Å². The quantitative estimate of drug-likeness (QED) is 0.788. The van der Waals surface area contributed by atoms with Gasteiger partial charge in [-0.05, 0) is 5.56 Å². The molecule has 0 atom stereocenters. The van der Waals surface area contributed by atoms with Gasteiger partial charge in [0.1, 0.15) is 10.7 Å². The Hall–Kier alpha value is -2.05. The molecule has 0 saturated carbocycles. The van der Waals surface area contributed by atoms with Gasteiger partial charge in [-0.2, -0.15) is 4.98 Å². The Balaban J connectivity index is 1.79. The van der Waals surface area contributed by atoms with Crippen molar-refractivity contribution < 1.29 is 4.52 Å². The van der Waals surface area contributed by atoms with Crippen molar-refractivity contribution in [2.24, 2.45) is 5.73 Å². The molecule has 0 saturated heterocycles. The molecular formula is C13H12N4OS. The fraction of sp³-hybridized carbons (Fsp3) is 0.154. The lowest BCUT2D eigenvalue weighted by Crippen LogP contribution is -1.94. The number of rotatable bonds is 4. The van der Waals surface area contributed by atoms with E-state index in [0.717, 1.165) is 10.6 Å². The van der Waals surface area contributed by atoms with Crippen molar-refractivity contribution in [2.75, 3.05) is 0 Å². The second kappa shape index (κ2) is 5.29. The SMILES string of the molecule is NCc1nc(-c2nc(Cc3ccccc3)no2)cs1. The molecule has 0 amide bonds. The molecular weight excluding hydrogens is 260 g/mol. The molecule has 0 aliphatic heterocycles. The molecule has 1 aromatic carbocycles. The van der Waals surface area contributed by atoms with Crippen LogP contribution < -0.4 is 5.73 Å². The van der Waals surface area contributed by atoms with Crippen molar-refractivity contribution >= 4 is 11.3 Å². The monoisotopic (exact) mass is 272 g/mol. The number of hydrogen-bond acceptors (Lipinski definition) is 6. The highest BCUT2D eigenvalue weighted by Crippen LogP contribution is 2.20. The van der Waals surface area contributed by atoms with Crippen LogP contribution in [0, 0.1) is 0 Å². The van der Waals surface area contributed by atoms with E-state index < -0.39 is 0 Å². The van der Waals surface area contributed by atoms with Crippen molar-refractivity contribution in [1.82, 2.24) is 15.1 Å². The van der Waals surface area contributed by atoms with Crippen LogP contribution in [0.4, 0.5) is 0 Å².